The first kappa shape index (κ1) is 19.2. The molecule has 0 bridgehead atoms. The fourth-order valence-electron chi connectivity index (χ4n) is 3.80. The van der Waals surface area contributed by atoms with Crippen LogP contribution >= 0.6 is 0 Å². The Kier molecular flexibility index (Phi) is 5.63. The van der Waals surface area contributed by atoms with E-state index in [1.165, 1.54) is 16.7 Å². The average molecular weight is 386 g/mol. The van der Waals surface area contributed by atoms with Crippen LogP contribution < -0.4 is 10.6 Å². The Balaban J connectivity index is 1.36. The zero-order valence-corrected chi connectivity index (χ0v) is 16.6. The molecule has 148 valence electrons. The van der Waals surface area contributed by atoms with Crippen LogP contribution in [0.25, 0.3) is 11.1 Å². The van der Waals surface area contributed by atoms with Crippen molar-refractivity contribution in [2.24, 2.45) is 0 Å². The standard InChI is InChI=1S/C25H26N2O2/c1-17-5-9-19(10-6-17)20-11-7-18(8-12-20)16-26-25(29)27-24-4-2-3-21-13-14-22(28)15-23(21)24/h2-12,22,28H,13-16H2,1H3,(H2,26,27,29). The van der Waals surface area contributed by atoms with Gasteiger partial charge in [0.2, 0.25) is 0 Å². The molecule has 1 aliphatic rings. The van der Waals surface area contributed by atoms with Crippen LogP contribution in [-0.4, -0.2) is 17.2 Å². The van der Waals surface area contributed by atoms with Crippen LogP contribution in [0.5, 0.6) is 0 Å². The lowest BCUT2D eigenvalue weighted by atomic mass is 9.88. The van der Waals surface area contributed by atoms with Crippen molar-refractivity contribution in [1.82, 2.24) is 5.32 Å². The average Bonchev–Trinajstić information content (AvgIpc) is 2.74. The second-order valence-electron chi connectivity index (χ2n) is 7.71. The summed E-state index contributed by atoms with van der Waals surface area (Å²) >= 11 is 0. The molecular weight excluding hydrogens is 360 g/mol. The Morgan fingerprint density at radius 3 is 2.41 bits per heavy atom. The number of anilines is 1. The number of aliphatic hydroxyl groups is 1. The SMILES string of the molecule is Cc1ccc(-c2ccc(CNC(=O)Nc3cccc4c3CC(O)CC4)cc2)cc1. The Bertz CT molecular complexity index is 994. The number of hydrogen-bond donors (Lipinski definition) is 3. The fourth-order valence-corrected chi connectivity index (χ4v) is 3.80. The van der Waals surface area contributed by atoms with E-state index in [1.807, 2.05) is 24.3 Å². The number of rotatable bonds is 4. The summed E-state index contributed by atoms with van der Waals surface area (Å²) in [5.74, 6) is 0. The summed E-state index contributed by atoms with van der Waals surface area (Å²) < 4.78 is 0. The Labute approximate surface area is 171 Å². The van der Waals surface area contributed by atoms with Gasteiger partial charge >= 0.3 is 6.03 Å². The van der Waals surface area contributed by atoms with Gasteiger partial charge in [-0.15, -0.1) is 0 Å². The smallest absolute Gasteiger partial charge is 0.319 e. The summed E-state index contributed by atoms with van der Waals surface area (Å²) in [7, 11) is 0. The Morgan fingerprint density at radius 2 is 1.69 bits per heavy atom. The number of benzene rings is 3. The second-order valence-corrected chi connectivity index (χ2v) is 7.71. The zero-order valence-electron chi connectivity index (χ0n) is 16.6. The van der Waals surface area contributed by atoms with Crippen LogP contribution in [0.3, 0.4) is 0 Å². The van der Waals surface area contributed by atoms with Crippen molar-refractivity contribution >= 4 is 11.7 Å². The summed E-state index contributed by atoms with van der Waals surface area (Å²) in [5.41, 5.74) is 7.67. The molecule has 29 heavy (non-hydrogen) atoms. The molecule has 0 aromatic heterocycles. The number of nitrogens with one attached hydrogen (secondary N) is 2. The lowest BCUT2D eigenvalue weighted by Gasteiger charge is -2.23. The summed E-state index contributed by atoms with van der Waals surface area (Å²) in [6.45, 7) is 2.54. The maximum absolute atomic E-state index is 12.4. The van der Waals surface area contributed by atoms with Crippen molar-refractivity contribution in [1.29, 1.82) is 0 Å². The van der Waals surface area contributed by atoms with Crippen molar-refractivity contribution in [3.8, 4) is 11.1 Å². The zero-order chi connectivity index (χ0) is 20.2. The molecule has 0 saturated carbocycles. The predicted molar refractivity (Wildman–Crippen MR) is 117 cm³/mol. The van der Waals surface area contributed by atoms with Crippen molar-refractivity contribution in [3.05, 3.63) is 89.0 Å². The lowest BCUT2D eigenvalue weighted by Crippen LogP contribution is -2.29. The maximum atomic E-state index is 12.4. The number of amides is 2. The van der Waals surface area contributed by atoms with Crippen molar-refractivity contribution in [2.75, 3.05) is 5.32 Å². The Hall–Kier alpha value is -3.11. The molecule has 1 atom stereocenters. The van der Waals surface area contributed by atoms with Crippen LogP contribution in [0.1, 0.15) is 28.7 Å². The molecule has 0 aliphatic heterocycles. The van der Waals surface area contributed by atoms with Gasteiger partial charge in [0.15, 0.2) is 0 Å². The highest BCUT2D eigenvalue weighted by Crippen LogP contribution is 2.28. The van der Waals surface area contributed by atoms with Gasteiger partial charge in [0, 0.05) is 18.7 Å². The topological polar surface area (TPSA) is 61.4 Å². The largest absolute Gasteiger partial charge is 0.393 e. The first-order chi connectivity index (χ1) is 14.1. The third-order valence-corrected chi connectivity index (χ3v) is 5.50. The van der Waals surface area contributed by atoms with Crippen LogP contribution in [0.15, 0.2) is 66.7 Å². The second kappa shape index (κ2) is 8.50. The van der Waals surface area contributed by atoms with E-state index in [9.17, 15) is 9.90 Å². The molecule has 4 heteroatoms. The molecule has 4 rings (SSSR count). The number of fused-ring (bicyclic) bond motifs is 1. The highest BCUT2D eigenvalue weighted by molar-refractivity contribution is 5.90. The molecule has 0 heterocycles. The first-order valence-electron chi connectivity index (χ1n) is 10.1. The minimum absolute atomic E-state index is 0.235. The number of urea groups is 1. The number of carbonyl (C=O) groups excluding carboxylic acids is 1. The molecule has 1 unspecified atom stereocenters. The summed E-state index contributed by atoms with van der Waals surface area (Å²) in [4.78, 5) is 12.4. The van der Waals surface area contributed by atoms with Gasteiger partial charge in [-0.25, -0.2) is 4.79 Å². The first-order valence-corrected chi connectivity index (χ1v) is 10.1. The fraction of sp³-hybridized carbons (Fsp3) is 0.240. The molecule has 3 aromatic carbocycles. The highest BCUT2D eigenvalue weighted by atomic mass is 16.3. The molecule has 1 aliphatic carbocycles. The van der Waals surface area contributed by atoms with Crippen molar-refractivity contribution < 1.29 is 9.90 Å². The van der Waals surface area contributed by atoms with Crippen LogP contribution in [-0.2, 0) is 19.4 Å². The van der Waals surface area contributed by atoms with Gasteiger partial charge in [-0.05, 0) is 53.6 Å². The minimum atomic E-state index is -0.333. The van der Waals surface area contributed by atoms with E-state index < -0.39 is 0 Å². The van der Waals surface area contributed by atoms with Gasteiger partial charge in [0.1, 0.15) is 0 Å². The molecule has 0 saturated heterocycles. The number of aryl methyl sites for hydroxylation is 2. The quantitative estimate of drug-likeness (QED) is 0.601. The molecule has 2 amide bonds. The lowest BCUT2D eigenvalue weighted by molar-refractivity contribution is 0.159. The van der Waals surface area contributed by atoms with Crippen molar-refractivity contribution in [3.63, 3.8) is 0 Å². The van der Waals surface area contributed by atoms with E-state index in [4.69, 9.17) is 0 Å². The Morgan fingerprint density at radius 1 is 1.00 bits per heavy atom. The number of hydrogen-bond acceptors (Lipinski definition) is 2. The highest BCUT2D eigenvalue weighted by Gasteiger charge is 2.19. The normalized spacial score (nSPS) is 15.4. The van der Waals surface area contributed by atoms with Gasteiger partial charge in [-0.3, -0.25) is 0 Å². The minimum Gasteiger partial charge on any atom is -0.393 e. The summed E-state index contributed by atoms with van der Waals surface area (Å²) in [6.07, 6.45) is 1.88. The monoisotopic (exact) mass is 386 g/mol. The molecule has 3 N–H and O–H groups in total. The maximum Gasteiger partial charge on any atom is 0.319 e. The molecule has 0 spiro atoms. The van der Waals surface area contributed by atoms with Crippen LogP contribution in [0.2, 0.25) is 0 Å². The van der Waals surface area contributed by atoms with Gasteiger partial charge in [-0.1, -0.05) is 66.2 Å². The molecule has 0 radical (unpaired) electrons. The molecular formula is C25H26N2O2. The predicted octanol–water partition coefficient (Wildman–Crippen LogP) is 4.83. The van der Waals surface area contributed by atoms with Crippen LogP contribution in [0, 0.1) is 6.92 Å². The number of carbonyl (C=O) groups is 1. The van der Waals surface area contributed by atoms with Gasteiger partial charge < -0.3 is 15.7 Å². The third-order valence-electron chi connectivity index (χ3n) is 5.50. The van der Waals surface area contributed by atoms with E-state index in [-0.39, 0.29) is 12.1 Å². The van der Waals surface area contributed by atoms with E-state index >= 15 is 0 Å². The van der Waals surface area contributed by atoms with E-state index in [0.717, 1.165) is 35.2 Å². The third kappa shape index (κ3) is 4.66. The van der Waals surface area contributed by atoms with E-state index in [0.29, 0.717) is 13.0 Å². The van der Waals surface area contributed by atoms with Gasteiger partial charge in [-0.2, -0.15) is 0 Å². The van der Waals surface area contributed by atoms with Crippen LogP contribution in [0.4, 0.5) is 10.5 Å². The summed E-state index contributed by atoms with van der Waals surface area (Å²) in [5, 5.41) is 15.8. The summed E-state index contributed by atoms with van der Waals surface area (Å²) in [6, 6.07) is 22.4. The molecule has 3 aromatic rings. The molecule has 4 nitrogen and oxygen atoms in total. The van der Waals surface area contributed by atoms with Gasteiger partial charge in [0.05, 0.1) is 6.10 Å². The van der Waals surface area contributed by atoms with E-state index in [1.54, 1.807) is 0 Å². The van der Waals surface area contributed by atoms with E-state index in [2.05, 4.69) is 60.0 Å². The van der Waals surface area contributed by atoms with Gasteiger partial charge in [0.25, 0.3) is 0 Å². The number of aliphatic hydroxyl groups excluding tert-OH is 1. The molecule has 0 fully saturated rings. The van der Waals surface area contributed by atoms with Crippen molar-refractivity contribution in [2.45, 2.75) is 38.8 Å².